The molecule has 0 aliphatic carbocycles. The number of aromatic nitrogens is 2. The fraction of sp³-hybridized carbons (Fsp3) is 0.400. The molecule has 104 valence electrons. The Morgan fingerprint density at radius 2 is 2.15 bits per heavy atom. The minimum absolute atomic E-state index is 0.117. The Kier molecular flexibility index (Phi) is 5.13. The molecule has 0 bridgehead atoms. The second-order valence-electron chi connectivity index (χ2n) is 4.56. The third kappa shape index (κ3) is 4.09. The number of hydrogen-bond acceptors (Lipinski definition) is 5. The summed E-state index contributed by atoms with van der Waals surface area (Å²) in [5.74, 6) is 2.18. The highest BCUT2D eigenvalue weighted by atomic mass is 16.5. The van der Waals surface area contributed by atoms with Gasteiger partial charge in [-0.05, 0) is 18.6 Å². The van der Waals surface area contributed by atoms with Crippen molar-refractivity contribution in [2.24, 2.45) is 0 Å². The van der Waals surface area contributed by atoms with Gasteiger partial charge in [-0.3, -0.25) is 0 Å². The highest BCUT2D eigenvalue weighted by molar-refractivity contribution is 5.20. The van der Waals surface area contributed by atoms with Gasteiger partial charge in [-0.15, -0.1) is 0 Å². The molecule has 20 heavy (non-hydrogen) atoms. The van der Waals surface area contributed by atoms with Crippen molar-refractivity contribution in [1.29, 1.82) is 5.26 Å². The summed E-state index contributed by atoms with van der Waals surface area (Å²) in [6.45, 7) is 2.49. The zero-order chi connectivity index (χ0) is 14.2. The van der Waals surface area contributed by atoms with Crippen LogP contribution in [0.25, 0.3) is 0 Å². The normalized spacial score (nSPS) is 11.8. The van der Waals surface area contributed by atoms with Gasteiger partial charge in [-0.1, -0.05) is 30.3 Å². The van der Waals surface area contributed by atoms with Crippen LogP contribution in [0.3, 0.4) is 0 Å². The van der Waals surface area contributed by atoms with Crippen molar-refractivity contribution >= 4 is 0 Å². The maximum atomic E-state index is 8.56. The number of ether oxygens (including phenoxy) is 1. The third-order valence-electron chi connectivity index (χ3n) is 2.93. The second-order valence-corrected chi connectivity index (χ2v) is 4.56. The van der Waals surface area contributed by atoms with Crippen LogP contribution in [0.5, 0.6) is 5.75 Å². The average molecular weight is 271 g/mol. The molecule has 5 nitrogen and oxygen atoms in total. The molecule has 2 rings (SSSR count). The van der Waals surface area contributed by atoms with Crippen LogP contribution < -0.4 is 4.74 Å². The number of hydrogen-bond donors (Lipinski definition) is 0. The Morgan fingerprint density at radius 3 is 2.90 bits per heavy atom. The number of rotatable bonds is 7. The Bertz CT molecular complexity index is 560. The van der Waals surface area contributed by atoms with E-state index < -0.39 is 0 Å². The molecule has 1 atom stereocenters. The van der Waals surface area contributed by atoms with Crippen LogP contribution in [0, 0.1) is 11.3 Å². The SMILES string of the molecule is CC(CCC#N)c1nc(CCOc2ccccc2)no1. The standard InChI is InChI=1S/C15H17N3O2/c1-12(6-5-10-16)15-17-14(18-20-15)9-11-19-13-7-3-2-4-8-13/h2-4,7-8,12H,5-6,9,11H2,1H3. The van der Waals surface area contributed by atoms with E-state index in [1.165, 1.54) is 0 Å². The van der Waals surface area contributed by atoms with Crippen molar-refractivity contribution in [3.63, 3.8) is 0 Å². The summed E-state index contributed by atoms with van der Waals surface area (Å²) < 4.78 is 10.8. The molecule has 5 heteroatoms. The Labute approximate surface area is 118 Å². The topological polar surface area (TPSA) is 71.9 Å². The fourth-order valence-electron chi connectivity index (χ4n) is 1.75. The molecule has 0 aliphatic heterocycles. The summed E-state index contributed by atoms with van der Waals surface area (Å²) in [4.78, 5) is 4.33. The summed E-state index contributed by atoms with van der Waals surface area (Å²) in [6, 6.07) is 11.7. The highest BCUT2D eigenvalue weighted by Crippen LogP contribution is 2.18. The highest BCUT2D eigenvalue weighted by Gasteiger charge is 2.13. The maximum Gasteiger partial charge on any atom is 0.229 e. The largest absolute Gasteiger partial charge is 0.493 e. The van der Waals surface area contributed by atoms with Crippen molar-refractivity contribution in [3.8, 4) is 11.8 Å². The first-order chi connectivity index (χ1) is 9.79. The smallest absolute Gasteiger partial charge is 0.229 e. The molecule has 2 aromatic rings. The zero-order valence-electron chi connectivity index (χ0n) is 11.5. The summed E-state index contributed by atoms with van der Waals surface area (Å²) in [6.07, 6.45) is 1.83. The predicted molar refractivity (Wildman–Crippen MR) is 73.2 cm³/mol. The molecule has 0 N–H and O–H groups in total. The Balaban J connectivity index is 1.80. The Morgan fingerprint density at radius 1 is 1.35 bits per heavy atom. The molecule has 1 aromatic carbocycles. The lowest BCUT2D eigenvalue weighted by atomic mass is 10.1. The molecule has 0 amide bonds. The first kappa shape index (κ1) is 14.1. The van der Waals surface area contributed by atoms with E-state index >= 15 is 0 Å². The van der Waals surface area contributed by atoms with Crippen molar-refractivity contribution in [2.45, 2.75) is 32.1 Å². The van der Waals surface area contributed by atoms with Gasteiger partial charge in [0.25, 0.3) is 0 Å². The van der Waals surface area contributed by atoms with Gasteiger partial charge in [0.1, 0.15) is 5.75 Å². The molecule has 0 spiro atoms. The van der Waals surface area contributed by atoms with Gasteiger partial charge >= 0.3 is 0 Å². The van der Waals surface area contributed by atoms with Crippen LogP contribution in [0.1, 0.15) is 37.4 Å². The quantitative estimate of drug-likeness (QED) is 0.773. The van der Waals surface area contributed by atoms with E-state index in [1.54, 1.807) is 0 Å². The van der Waals surface area contributed by atoms with E-state index in [-0.39, 0.29) is 5.92 Å². The lowest BCUT2D eigenvalue weighted by Gasteiger charge is -2.03. The van der Waals surface area contributed by atoms with E-state index in [4.69, 9.17) is 14.5 Å². The van der Waals surface area contributed by atoms with Crippen molar-refractivity contribution < 1.29 is 9.26 Å². The van der Waals surface area contributed by atoms with Gasteiger partial charge in [0.2, 0.25) is 5.89 Å². The van der Waals surface area contributed by atoms with Crippen LogP contribution in [-0.2, 0) is 6.42 Å². The molecule has 0 fully saturated rings. The van der Waals surface area contributed by atoms with E-state index in [0.717, 1.165) is 12.2 Å². The van der Waals surface area contributed by atoms with Gasteiger partial charge in [-0.25, -0.2) is 0 Å². The molecule has 0 aliphatic rings. The van der Waals surface area contributed by atoms with Crippen LogP contribution in [0.4, 0.5) is 0 Å². The van der Waals surface area contributed by atoms with Crippen LogP contribution in [0.15, 0.2) is 34.9 Å². The van der Waals surface area contributed by atoms with E-state index in [1.807, 2.05) is 37.3 Å². The van der Waals surface area contributed by atoms with Gasteiger partial charge in [0.05, 0.1) is 12.7 Å². The molecular weight excluding hydrogens is 254 g/mol. The van der Waals surface area contributed by atoms with Crippen molar-refractivity contribution in [1.82, 2.24) is 10.1 Å². The average Bonchev–Trinajstić information content (AvgIpc) is 2.95. The summed E-state index contributed by atoms with van der Waals surface area (Å²) >= 11 is 0. The zero-order valence-corrected chi connectivity index (χ0v) is 11.5. The number of para-hydroxylation sites is 1. The molecule has 0 radical (unpaired) electrons. The minimum atomic E-state index is 0.117. The van der Waals surface area contributed by atoms with Gasteiger partial charge in [0.15, 0.2) is 5.82 Å². The van der Waals surface area contributed by atoms with Crippen LogP contribution in [0.2, 0.25) is 0 Å². The van der Waals surface area contributed by atoms with Crippen molar-refractivity contribution in [3.05, 3.63) is 42.0 Å². The summed E-state index contributed by atoms with van der Waals surface area (Å²) in [7, 11) is 0. The van der Waals surface area contributed by atoms with E-state index in [9.17, 15) is 0 Å². The van der Waals surface area contributed by atoms with Crippen molar-refractivity contribution in [2.75, 3.05) is 6.61 Å². The lowest BCUT2D eigenvalue weighted by molar-refractivity contribution is 0.312. The molecular formula is C15H17N3O2. The van der Waals surface area contributed by atoms with Gasteiger partial charge < -0.3 is 9.26 Å². The number of nitrogens with zero attached hydrogens (tertiary/aromatic N) is 3. The first-order valence-corrected chi connectivity index (χ1v) is 6.67. The molecule has 0 saturated carbocycles. The minimum Gasteiger partial charge on any atom is -0.493 e. The Hall–Kier alpha value is -2.35. The lowest BCUT2D eigenvalue weighted by Crippen LogP contribution is -2.03. The van der Waals surface area contributed by atoms with Gasteiger partial charge in [-0.2, -0.15) is 10.2 Å². The molecule has 0 saturated heterocycles. The fourth-order valence-corrected chi connectivity index (χ4v) is 1.75. The maximum absolute atomic E-state index is 8.56. The van der Waals surface area contributed by atoms with E-state index in [0.29, 0.717) is 31.2 Å². The predicted octanol–water partition coefficient (Wildman–Crippen LogP) is 3.10. The van der Waals surface area contributed by atoms with Crippen LogP contribution >= 0.6 is 0 Å². The first-order valence-electron chi connectivity index (χ1n) is 6.67. The second kappa shape index (κ2) is 7.29. The monoisotopic (exact) mass is 271 g/mol. The van der Waals surface area contributed by atoms with Crippen LogP contribution in [-0.4, -0.2) is 16.7 Å². The van der Waals surface area contributed by atoms with E-state index in [2.05, 4.69) is 16.2 Å². The van der Waals surface area contributed by atoms with Gasteiger partial charge in [0, 0.05) is 18.8 Å². The molecule has 1 aromatic heterocycles. The molecule has 1 heterocycles. The molecule has 1 unspecified atom stereocenters. The summed E-state index contributed by atoms with van der Waals surface area (Å²) in [5, 5.41) is 12.5. The number of benzene rings is 1. The summed E-state index contributed by atoms with van der Waals surface area (Å²) in [5.41, 5.74) is 0. The number of nitriles is 1. The third-order valence-corrected chi connectivity index (χ3v) is 2.93.